The van der Waals surface area contributed by atoms with Crippen molar-refractivity contribution in [3.05, 3.63) is 0 Å². The molecule has 2 aliphatic rings. The molecule has 2 fully saturated rings. The van der Waals surface area contributed by atoms with Crippen molar-refractivity contribution in [2.75, 3.05) is 6.61 Å². The Bertz CT molecular complexity index is 183. The Morgan fingerprint density at radius 1 is 1.27 bits per heavy atom. The molecule has 2 rings (SSSR count). The fourth-order valence-corrected chi connectivity index (χ4v) is 3.04. The van der Waals surface area contributed by atoms with E-state index in [-0.39, 0.29) is 0 Å². The molecule has 0 bridgehead atoms. The van der Waals surface area contributed by atoms with Crippen LogP contribution in [-0.2, 0) is 4.74 Å². The van der Waals surface area contributed by atoms with Crippen LogP contribution in [0, 0.1) is 5.92 Å². The summed E-state index contributed by atoms with van der Waals surface area (Å²) in [4.78, 5) is 0. The Morgan fingerprint density at radius 3 is 2.53 bits per heavy atom. The molecule has 2 nitrogen and oxygen atoms in total. The highest BCUT2D eigenvalue weighted by atomic mass is 16.5. The molecule has 1 atom stereocenters. The maximum atomic E-state index is 5.58. The van der Waals surface area contributed by atoms with Crippen LogP contribution in [0.2, 0.25) is 0 Å². The zero-order valence-electron chi connectivity index (χ0n) is 10.2. The first kappa shape index (κ1) is 11.4. The maximum Gasteiger partial charge on any atom is 0.0604 e. The number of hydrogen-bond acceptors (Lipinski definition) is 2. The third-order valence-corrected chi connectivity index (χ3v) is 4.10. The normalized spacial score (nSPS) is 34.0. The van der Waals surface area contributed by atoms with Gasteiger partial charge in [-0.05, 0) is 45.4 Å². The lowest BCUT2D eigenvalue weighted by Crippen LogP contribution is -2.50. The van der Waals surface area contributed by atoms with Crippen LogP contribution in [0.4, 0.5) is 0 Å². The van der Waals surface area contributed by atoms with Gasteiger partial charge >= 0.3 is 0 Å². The Kier molecular flexibility index (Phi) is 4.04. The average molecular weight is 211 g/mol. The molecule has 2 aliphatic carbocycles. The minimum atomic E-state index is 0.545. The lowest BCUT2D eigenvalue weighted by Gasteiger charge is -2.38. The fourth-order valence-electron chi connectivity index (χ4n) is 3.04. The molecule has 2 heteroatoms. The van der Waals surface area contributed by atoms with Crippen molar-refractivity contribution in [3.63, 3.8) is 0 Å². The van der Waals surface area contributed by atoms with Crippen molar-refractivity contribution >= 4 is 0 Å². The maximum absolute atomic E-state index is 5.58. The van der Waals surface area contributed by atoms with Crippen LogP contribution in [0.15, 0.2) is 0 Å². The van der Waals surface area contributed by atoms with E-state index in [0.29, 0.717) is 6.10 Å². The summed E-state index contributed by atoms with van der Waals surface area (Å²) in [5.41, 5.74) is 0. The third kappa shape index (κ3) is 2.94. The van der Waals surface area contributed by atoms with E-state index in [1.165, 1.54) is 38.5 Å². The van der Waals surface area contributed by atoms with E-state index in [4.69, 9.17) is 4.74 Å². The SMILES string of the molecule is CCOC1CC(N[C@@H](C)C2CCCC2)C1. The van der Waals surface area contributed by atoms with Gasteiger partial charge in [0.2, 0.25) is 0 Å². The summed E-state index contributed by atoms with van der Waals surface area (Å²) in [6, 6.07) is 1.46. The second-order valence-electron chi connectivity index (χ2n) is 5.25. The highest BCUT2D eigenvalue weighted by molar-refractivity contribution is 4.89. The molecule has 0 aromatic heterocycles. The number of hydrogen-bond donors (Lipinski definition) is 1. The van der Waals surface area contributed by atoms with Crippen LogP contribution >= 0.6 is 0 Å². The Labute approximate surface area is 93.8 Å². The van der Waals surface area contributed by atoms with Gasteiger partial charge in [0, 0.05) is 18.7 Å². The van der Waals surface area contributed by atoms with Gasteiger partial charge < -0.3 is 10.1 Å². The first-order chi connectivity index (χ1) is 7.29. The summed E-state index contributed by atoms with van der Waals surface area (Å²) in [6.07, 6.45) is 8.77. The predicted molar refractivity (Wildman–Crippen MR) is 63.0 cm³/mol. The first-order valence-corrected chi connectivity index (χ1v) is 6.67. The molecule has 0 amide bonds. The number of nitrogens with one attached hydrogen (secondary N) is 1. The largest absolute Gasteiger partial charge is 0.378 e. The van der Waals surface area contributed by atoms with Crippen molar-refractivity contribution in [1.82, 2.24) is 5.32 Å². The van der Waals surface area contributed by atoms with Crippen LogP contribution in [0.1, 0.15) is 52.4 Å². The Hall–Kier alpha value is -0.0800. The molecule has 0 aromatic carbocycles. The van der Waals surface area contributed by atoms with Crippen molar-refractivity contribution in [2.45, 2.75) is 70.6 Å². The Morgan fingerprint density at radius 2 is 1.93 bits per heavy atom. The monoisotopic (exact) mass is 211 g/mol. The second-order valence-corrected chi connectivity index (χ2v) is 5.25. The van der Waals surface area contributed by atoms with Crippen molar-refractivity contribution in [3.8, 4) is 0 Å². The molecule has 88 valence electrons. The van der Waals surface area contributed by atoms with E-state index in [0.717, 1.165) is 24.6 Å². The summed E-state index contributed by atoms with van der Waals surface area (Å²) in [5, 5.41) is 3.77. The summed E-state index contributed by atoms with van der Waals surface area (Å²) < 4.78 is 5.58. The van der Waals surface area contributed by atoms with Crippen molar-refractivity contribution in [1.29, 1.82) is 0 Å². The van der Waals surface area contributed by atoms with Gasteiger partial charge in [0.25, 0.3) is 0 Å². The van der Waals surface area contributed by atoms with E-state index < -0.39 is 0 Å². The molecule has 1 N–H and O–H groups in total. The van der Waals surface area contributed by atoms with Gasteiger partial charge in [-0.25, -0.2) is 0 Å². The Balaban J connectivity index is 1.61. The van der Waals surface area contributed by atoms with Gasteiger partial charge in [0.05, 0.1) is 6.10 Å². The molecule has 0 aromatic rings. The van der Waals surface area contributed by atoms with E-state index in [1.54, 1.807) is 0 Å². The van der Waals surface area contributed by atoms with Gasteiger partial charge in [0.15, 0.2) is 0 Å². The number of rotatable bonds is 5. The lowest BCUT2D eigenvalue weighted by molar-refractivity contribution is -0.0134. The van der Waals surface area contributed by atoms with E-state index >= 15 is 0 Å². The van der Waals surface area contributed by atoms with Crippen LogP contribution in [-0.4, -0.2) is 24.8 Å². The van der Waals surface area contributed by atoms with Gasteiger partial charge in [-0.15, -0.1) is 0 Å². The highest BCUT2D eigenvalue weighted by Crippen LogP contribution is 2.30. The quantitative estimate of drug-likeness (QED) is 0.755. The molecule has 0 aliphatic heterocycles. The molecular weight excluding hydrogens is 186 g/mol. The van der Waals surface area contributed by atoms with E-state index in [9.17, 15) is 0 Å². The van der Waals surface area contributed by atoms with E-state index in [1.807, 2.05) is 0 Å². The van der Waals surface area contributed by atoms with Crippen molar-refractivity contribution in [2.24, 2.45) is 5.92 Å². The summed E-state index contributed by atoms with van der Waals surface area (Å²) >= 11 is 0. The van der Waals surface area contributed by atoms with Crippen LogP contribution in [0.5, 0.6) is 0 Å². The molecule has 0 spiro atoms. The highest BCUT2D eigenvalue weighted by Gasteiger charge is 2.32. The summed E-state index contributed by atoms with van der Waals surface area (Å²) in [6.45, 7) is 5.32. The molecule has 0 saturated heterocycles. The first-order valence-electron chi connectivity index (χ1n) is 6.67. The summed E-state index contributed by atoms with van der Waals surface area (Å²) in [5.74, 6) is 0.941. The van der Waals surface area contributed by atoms with Gasteiger partial charge in [-0.1, -0.05) is 12.8 Å². The van der Waals surface area contributed by atoms with Gasteiger partial charge in [-0.3, -0.25) is 0 Å². The molecule has 2 saturated carbocycles. The minimum Gasteiger partial charge on any atom is -0.378 e. The molecule has 15 heavy (non-hydrogen) atoms. The van der Waals surface area contributed by atoms with Crippen LogP contribution < -0.4 is 5.32 Å². The lowest BCUT2D eigenvalue weighted by atomic mass is 9.87. The second kappa shape index (κ2) is 5.31. The fraction of sp³-hybridized carbons (Fsp3) is 1.00. The van der Waals surface area contributed by atoms with Crippen molar-refractivity contribution < 1.29 is 4.74 Å². The van der Waals surface area contributed by atoms with Crippen LogP contribution in [0.25, 0.3) is 0 Å². The predicted octanol–water partition coefficient (Wildman–Crippen LogP) is 2.72. The van der Waals surface area contributed by atoms with E-state index in [2.05, 4.69) is 19.2 Å². The molecular formula is C13H25NO. The zero-order valence-corrected chi connectivity index (χ0v) is 10.2. The van der Waals surface area contributed by atoms with Crippen LogP contribution in [0.3, 0.4) is 0 Å². The molecule has 0 radical (unpaired) electrons. The van der Waals surface area contributed by atoms with Gasteiger partial charge in [-0.2, -0.15) is 0 Å². The smallest absolute Gasteiger partial charge is 0.0604 e. The average Bonchev–Trinajstić information content (AvgIpc) is 2.67. The third-order valence-electron chi connectivity index (χ3n) is 4.10. The standard InChI is InChI=1S/C13H25NO/c1-3-15-13-8-12(9-13)14-10(2)11-6-4-5-7-11/h10-14H,3-9H2,1-2H3/t10-,12?,13?/m0/s1. The van der Waals surface area contributed by atoms with Gasteiger partial charge in [0.1, 0.15) is 0 Å². The number of ether oxygens (including phenoxy) is 1. The topological polar surface area (TPSA) is 21.3 Å². The summed E-state index contributed by atoms with van der Waals surface area (Å²) in [7, 11) is 0. The molecule has 0 heterocycles. The minimum absolute atomic E-state index is 0.545. The zero-order chi connectivity index (χ0) is 10.7. The molecule has 0 unspecified atom stereocenters.